The number of hydrogen-bond donors (Lipinski definition) is 4. The molecule has 0 bridgehead atoms. The van der Waals surface area contributed by atoms with E-state index in [0.717, 1.165) is 10.7 Å². The Hall–Kier alpha value is -2.38. The van der Waals surface area contributed by atoms with Crippen molar-refractivity contribution < 1.29 is 36.8 Å². The number of benzene rings is 1. The second-order valence-electron chi connectivity index (χ2n) is 8.44. The van der Waals surface area contributed by atoms with Gasteiger partial charge >= 0.3 is 0 Å². The zero-order valence-electron chi connectivity index (χ0n) is 28.3. The molecule has 0 unspecified atom stereocenters. The Morgan fingerprint density at radius 2 is 2.19 bits per heavy atom. The van der Waals surface area contributed by atoms with Crippen molar-refractivity contribution in [1.29, 1.82) is 0 Å². The number of halogens is 1. The lowest BCUT2D eigenvalue weighted by Crippen LogP contribution is -2.33. The number of aliphatic hydroxyl groups is 3. The fourth-order valence-electron chi connectivity index (χ4n) is 4.12. The van der Waals surface area contributed by atoms with Crippen molar-refractivity contribution in [3.63, 3.8) is 0 Å². The lowest BCUT2D eigenvalue weighted by Gasteiger charge is -2.17. The number of aliphatic hydroxyl groups excluding tert-OH is 2. The molecule has 2 aromatic heterocycles. The van der Waals surface area contributed by atoms with Gasteiger partial charge in [0.05, 0.1) is 32.1 Å². The summed E-state index contributed by atoms with van der Waals surface area (Å²) in [6, 6.07) is 0.919. The van der Waals surface area contributed by atoms with E-state index in [1.165, 1.54) is 12.1 Å². The quantitative estimate of drug-likeness (QED) is 0.229. The summed E-state index contributed by atoms with van der Waals surface area (Å²) in [6.07, 6.45) is -7.41. The number of nitrogens with one attached hydrogen (secondary N) is 1. The molecule has 0 aliphatic heterocycles. The summed E-state index contributed by atoms with van der Waals surface area (Å²) in [7, 11) is 0. The lowest BCUT2D eigenvalue weighted by atomic mass is 10.1. The van der Waals surface area contributed by atoms with Gasteiger partial charge in [-0.2, -0.15) is 0 Å². The smallest absolute Gasteiger partial charge is 0.191 e. The molecule has 0 radical (unpaired) electrons. The molecule has 2 aliphatic carbocycles. The number of aromatic nitrogens is 5. The van der Waals surface area contributed by atoms with E-state index in [1.807, 2.05) is 0 Å². The minimum Gasteiger partial charge on any atom is -0.394 e. The number of ether oxygens (including phenoxy) is 1. The van der Waals surface area contributed by atoms with E-state index in [1.54, 1.807) is 13.8 Å². The van der Waals surface area contributed by atoms with Gasteiger partial charge in [-0.05, 0) is 36.9 Å². The van der Waals surface area contributed by atoms with Crippen LogP contribution in [0.2, 0.25) is 0 Å². The third-order valence-electron chi connectivity index (χ3n) is 6.07. The summed E-state index contributed by atoms with van der Waals surface area (Å²) in [5.74, 6) is -1.89. The highest BCUT2D eigenvalue weighted by atomic mass is 32.2. The largest absolute Gasteiger partial charge is 0.394 e. The van der Waals surface area contributed by atoms with Gasteiger partial charge in [0.25, 0.3) is 0 Å². The van der Waals surface area contributed by atoms with E-state index in [0.29, 0.717) is 17.3 Å². The van der Waals surface area contributed by atoms with Gasteiger partial charge in [0.15, 0.2) is 22.1 Å². The molecule has 0 spiro atoms. The molecule has 3 aromatic rings. The van der Waals surface area contributed by atoms with Crippen LogP contribution in [-0.2, 0) is 4.74 Å². The molecule has 2 saturated carbocycles. The summed E-state index contributed by atoms with van der Waals surface area (Å²) in [5.41, 5.74) is -1.48. The zero-order valence-corrected chi connectivity index (χ0v) is 20.1. The minimum absolute atomic E-state index is 0.0538. The number of rotatable bonds is 10. The molecule has 2 heterocycles. The fraction of sp³-hybridized carbons (Fsp3) is 0.583. The van der Waals surface area contributed by atoms with Crippen LogP contribution < -0.4 is 5.32 Å². The summed E-state index contributed by atoms with van der Waals surface area (Å²) < 4.78 is 92.9. The summed E-state index contributed by atoms with van der Waals surface area (Å²) >= 11 is 0.631. The van der Waals surface area contributed by atoms with Gasteiger partial charge in [-0.15, -0.1) is 5.10 Å². The molecule has 4 N–H and O–H groups in total. The molecule has 36 heavy (non-hydrogen) atoms. The maximum Gasteiger partial charge on any atom is 0.191 e. The van der Waals surface area contributed by atoms with Gasteiger partial charge in [0.1, 0.15) is 18.0 Å². The first-order chi connectivity index (χ1) is 20.6. The minimum atomic E-state index is -3.43. The Bertz CT molecular complexity index is 1620. The highest BCUT2D eigenvalue weighted by Crippen LogP contribution is 2.44. The summed E-state index contributed by atoms with van der Waals surface area (Å²) in [6.45, 7) is -3.54. The van der Waals surface area contributed by atoms with Gasteiger partial charge in [-0.1, -0.05) is 36.0 Å². The van der Waals surface area contributed by atoms with Gasteiger partial charge in [-0.25, -0.2) is 19.0 Å². The molecule has 1 aromatic carbocycles. The maximum absolute atomic E-state index is 14.4. The second-order valence-corrected chi connectivity index (χ2v) is 9.30. The van der Waals surface area contributed by atoms with E-state index >= 15 is 0 Å². The van der Waals surface area contributed by atoms with Gasteiger partial charge in [0, 0.05) is 29.5 Å². The van der Waals surface area contributed by atoms with Crippen molar-refractivity contribution in [3.05, 3.63) is 35.1 Å². The van der Waals surface area contributed by atoms with E-state index in [9.17, 15) is 19.7 Å². The molecule has 5 rings (SSSR count). The topological polar surface area (TPSA) is 138 Å². The van der Waals surface area contributed by atoms with Crippen LogP contribution in [0.5, 0.6) is 0 Å². The van der Waals surface area contributed by atoms with Gasteiger partial charge in [0.2, 0.25) is 0 Å². The molecule has 6 atom stereocenters. The van der Waals surface area contributed by atoms with Gasteiger partial charge < -0.3 is 25.4 Å². The first-order valence-corrected chi connectivity index (χ1v) is 12.1. The van der Waals surface area contributed by atoms with Crippen LogP contribution in [0.25, 0.3) is 11.2 Å². The third kappa shape index (κ3) is 4.92. The van der Waals surface area contributed by atoms with Crippen LogP contribution in [0.15, 0.2) is 23.4 Å². The molecule has 194 valence electrons. The Labute approximate surface area is 224 Å². The van der Waals surface area contributed by atoms with Crippen LogP contribution >= 0.6 is 11.8 Å². The summed E-state index contributed by atoms with van der Waals surface area (Å²) in [4.78, 5) is 8.67. The van der Waals surface area contributed by atoms with Crippen LogP contribution in [0.3, 0.4) is 0 Å². The number of hydrogen-bond acceptors (Lipinski definition) is 10. The van der Waals surface area contributed by atoms with E-state index in [2.05, 4.69) is 25.6 Å². The second kappa shape index (κ2) is 10.5. The number of anilines is 1. The molecule has 0 saturated heterocycles. The molecule has 2 fully saturated rings. The highest BCUT2D eigenvalue weighted by Gasteiger charge is 2.45. The van der Waals surface area contributed by atoms with Crippen molar-refractivity contribution in [2.45, 2.75) is 74.5 Å². The van der Waals surface area contributed by atoms with E-state index in [-0.39, 0.29) is 40.5 Å². The number of fused-ring (bicyclic) bond motifs is 1. The number of thioether (sulfide) groups is 1. The molecular weight excluding hydrogens is 487 g/mol. The van der Waals surface area contributed by atoms with Crippen LogP contribution in [0.1, 0.15) is 61.6 Å². The predicted molar refractivity (Wildman–Crippen MR) is 133 cm³/mol. The maximum atomic E-state index is 14.4. The van der Waals surface area contributed by atoms with Gasteiger partial charge in [-0.3, -0.25) is 0 Å². The van der Waals surface area contributed by atoms with Crippen molar-refractivity contribution in [2.24, 2.45) is 0 Å². The predicted octanol–water partition coefficient (Wildman–Crippen LogP) is 2.18. The molecule has 2 aliphatic rings. The van der Waals surface area contributed by atoms with Crippen LogP contribution in [-0.4, -0.2) is 83.4 Å². The van der Waals surface area contributed by atoms with Crippen LogP contribution in [0.4, 0.5) is 10.2 Å². The Kier molecular flexibility index (Phi) is 4.82. The Balaban J connectivity index is 1.54. The van der Waals surface area contributed by atoms with E-state index in [4.69, 9.17) is 17.1 Å². The average Bonchev–Trinajstić information content (AvgIpc) is 3.20. The highest BCUT2D eigenvalue weighted by molar-refractivity contribution is 7.99. The van der Waals surface area contributed by atoms with E-state index < -0.39 is 67.3 Å². The van der Waals surface area contributed by atoms with Crippen LogP contribution in [0, 0.1) is 12.7 Å². The normalized spacial score (nSPS) is 35.9. The SMILES string of the molecule is [2H]C([2H])(CC)Sc1nc(N[C@@]2([2H])[C@H](c3ccc(C)c(F)c3)C2([2H])[2H])c2nnn([C@@H]3C[C@H](OC([2H])([2H])C([2H])([2H])O)[C@@H](O)[C@H]3O)c2n1. The number of aryl methyl sites for hydroxylation is 1. The lowest BCUT2D eigenvalue weighted by molar-refractivity contribution is -0.0629. The monoisotopic (exact) mass is 527 g/mol. The summed E-state index contributed by atoms with van der Waals surface area (Å²) in [5, 5.41) is 41.6. The Morgan fingerprint density at radius 3 is 2.94 bits per heavy atom. The van der Waals surface area contributed by atoms with Crippen molar-refractivity contribution in [2.75, 3.05) is 24.1 Å². The molecule has 10 nitrogen and oxygen atoms in total. The molecule has 0 amide bonds. The first-order valence-electron chi connectivity index (χ1n) is 15.8. The Morgan fingerprint density at radius 1 is 1.36 bits per heavy atom. The first kappa shape index (κ1) is 16.5. The molecule has 12 heteroatoms. The van der Waals surface area contributed by atoms with Crippen molar-refractivity contribution in [3.8, 4) is 0 Å². The zero-order chi connectivity index (χ0) is 33.5. The average molecular weight is 528 g/mol. The van der Waals surface area contributed by atoms with Crippen molar-refractivity contribution in [1.82, 2.24) is 25.0 Å². The third-order valence-corrected chi connectivity index (χ3v) is 6.87. The number of nitrogens with zero attached hydrogens (tertiary/aromatic N) is 5. The molecular formula is C24H31FN6O4S. The standard InChI is InChI=1S/C24H31FN6O4S/c1-3-8-36-24-27-22(26-16-10-14(16)13-5-4-12(2)15(25)9-13)19-23(28-24)31(30-29-19)17-11-18(35-7-6-32)21(34)20(17)33/h4-5,9,14,16-18,20-21,32-34H,3,6-8,10-11H2,1-2H3,(H,26,27,28)/t14-,16+,17+,18-,20-,21+/m0/s1/i6D2,7D2,8D2,10D2,16D. The van der Waals surface area contributed by atoms with Crippen molar-refractivity contribution >= 4 is 28.7 Å². The fourth-order valence-corrected chi connectivity index (χ4v) is 4.66.